The Labute approximate surface area is 232 Å². The fourth-order valence-corrected chi connectivity index (χ4v) is 3.54. The molecule has 3 nitrogen and oxygen atoms in total. The van der Waals surface area contributed by atoms with Gasteiger partial charge in [0, 0.05) is 31.2 Å². The van der Waals surface area contributed by atoms with Crippen LogP contribution in [0.25, 0.3) is 0 Å². The van der Waals surface area contributed by atoms with E-state index in [2.05, 4.69) is 5.16 Å². The van der Waals surface area contributed by atoms with Crippen molar-refractivity contribution in [2.24, 2.45) is 11.0 Å². The topological polar surface area (TPSA) is 24.8 Å². The number of nitrogens with zero attached hydrogens (tertiary/aromatic N) is 2. The molecule has 1 saturated carbocycles. The average molecular weight is 505 g/mol. The Balaban J connectivity index is 1.72. The standard InChI is InChI=1S/C29H37F3N2O/c1-4-23-17-25(11-12-26(23)18-34-14-5-15-34)21(3)33-35-19-22-8-13-27(28(16-22)29(30,31)32)24-9-6-20(2)7-10-24/h8,11-13,16-17,20,24H,4-7,9-10,14-15,18-19H2,1-3H3/b33-21+/i3D3,5D,6D2,7D2,9D2,10D2,14D2,15D2,20D,24D. The van der Waals surface area contributed by atoms with E-state index in [-0.39, 0.29) is 24.1 Å². The van der Waals surface area contributed by atoms with Crippen LogP contribution in [0.1, 0.15) is 117 Å². The predicted octanol–water partition coefficient (Wildman–Crippen LogP) is 7.71. The van der Waals surface area contributed by atoms with Crippen LogP contribution in [0.2, 0.25) is 0 Å². The number of benzene rings is 2. The van der Waals surface area contributed by atoms with Gasteiger partial charge in [-0.25, -0.2) is 0 Å². The van der Waals surface area contributed by atoms with E-state index in [0.29, 0.717) is 30.2 Å². The highest BCUT2D eigenvalue weighted by Gasteiger charge is 2.36. The maximum Gasteiger partial charge on any atom is 0.416 e. The van der Waals surface area contributed by atoms with Crippen molar-refractivity contribution in [3.05, 3.63) is 69.8 Å². The summed E-state index contributed by atoms with van der Waals surface area (Å²) in [6, 6.07) is 5.84. The molecule has 1 saturated heterocycles. The van der Waals surface area contributed by atoms with Crippen molar-refractivity contribution < 1.29 is 42.7 Å². The molecule has 2 aromatic rings. The van der Waals surface area contributed by atoms with Crippen LogP contribution in [0, 0.1) is 5.89 Å². The highest BCUT2D eigenvalue weighted by atomic mass is 19.4. The highest BCUT2D eigenvalue weighted by molar-refractivity contribution is 5.98. The van der Waals surface area contributed by atoms with E-state index in [1.807, 2.05) is 0 Å². The highest BCUT2D eigenvalue weighted by Crippen LogP contribution is 2.42. The minimum Gasteiger partial charge on any atom is -0.391 e. The lowest BCUT2D eigenvalue weighted by Gasteiger charge is -2.31. The lowest BCUT2D eigenvalue weighted by atomic mass is 9.78. The molecule has 1 aliphatic carbocycles. The van der Waals surface area contributed by atoms with Crippen molar-refractivity contribution >= 4 is 5.71 Å². The summed E-state index contributed by atoms with van der Waals surface area (Å²) in [5.41, 5.74) is -3.36. The van der Waals surface area contributed by atoms with E-state index in [0.717, 1.165) is 11.0 Å². The van der Waals surface area contributed by atoms with Gasteiger partial charge in [0.2, 0.25) is 0 Å². The molecule has 2 aliphatic rings. The molecular weight excluding hydrogens is 449 g/mol. The average Bonchev–Trinajstić information content (AvgIpc) is 3.02. The number of aryl methyl sites for hydroxylation is 1. The summed E-state index contributed by atoms with van der Waals surface area (Å²) in [4.78, 5) is 6.04. The number of alkyl halides is 3. The summed E-state index contributed by atoms with van der Waals surface area (Å²) in [5, 5.41) is 3.67. The normalized spacial score (nSPS) is 42.9. The molecule has 1 heterocycles. The Hall–Kier alpha value is -2.34. The summed E-state index contributed by atoms with van der Waals surface area (Å²) in [6.45, 7) is -6.29. The second-order valence-electron chi connectivity index (χ2n) is 7.92. The van der Waals surface area contributed by atoms with Crippen molar-refractivity contribution in [2.75, 3.05) is 13.0 Å². The molecule has 0 atom stereocenters. The first-order chi connectivity index (χ1) is 23.6. The number of oxime groups is 1. The van der Waals surface area contributed by atoms with Gasteiger partial charge in [-0.05, 0) is 97.1 Å². The second kappa shape index (κ2) is 11.2. The molecule has 4 rings (SSSR count). The quantitative estimate of drug-likeness (QED) is 0.272. The van der Waals surface area contributed by atoms with Crippen LogP contribution < -0.4 is 0 Å². The maximum absolute atomic E-state index is 14.6. The molecule has 0 unspecified atom stereocenters. The maximum atomic E-state index is 14.6. The van der Waals surface area contributed by atoms with Crippen LogP contribution >= 0.6 is 0 Å². The van der Waals surface area contributed by atoms with Crippen LogP contribution in [0.3, 0.4) is 0 Å². The lowest BCUT2D eigenvalue weighted by molar-refractivity contribution is -0.138. The molecular formula is C29H37F3N2O. The van der Waals surface area contributed by atoms with Gasteiger partial charge in [0.25, 0.3) is 0 Å². The number of hydrogen-bond acceptors (Lipinski definition) is 3. The van der Waals surface area contributed by atoms with Crippen molar-refractivity contribution in [2.45, 2.75) is 84.2 Å². The first-order valence-corrected chi connectivity index (χ1v) is 10.8. The van der Waals surface area contributed by atoms with Crippen LogP contribution in [-0.4, -0.2) is 23.6 Å². The molecule has 1 aliphatic heterocycles. The minimum absolute atomic E-state index is 0.00669. The monoisotopic (exact) mass is 504 g/mol. The van der Waals surface area contributed by atoms with E-state index in [1.165, 1.54) is 18.2 Å². The smallest absolute Gasteiger partial charge is 0.391 e. The van der Waals surface area contributed by atoms with Crippen molar-refractivity contribution in [1.82, 2.24) is 4.90 Å². The summed E-state index contributed by atoms with van der Waals surface area (Å²) in [7, 11) is 0. The Morgan fingerprint density at radius 2 is 1.91 bits per heavy atom. The third kappa shape index (κ3) is 6.46. The summed E-state index contributed by atoms with van der Waals surface area (Å²) >= 11 is 0. The summed E-state index contributed by atoms with van der Waals surface area (Å²) in [6.07, 6.45) is -22.0. The Kier molecular flexibility index (Phi) is 3.62. The SMILES string of the molecule is [2H]C1C([2H])([2H])N(Cc2ccc(/C(=N/OCc3ccc(C4([2H])C([2H])([2H])C([2H])([2H])C([2H])(C)C([2H])([2H])C4([2H])[2H])c(C(F)(F)F)c3)C([2H])([2H])[2H])cc2CC)C1([2H])[2H]. The van der Waals surface area contributed by atoms with Gasteiger partial charge in [-0.1, -0.05) is 56.0 Å². The molecule has 6 heteroatoms. The van der Waals surface area contributed by atoms with E-state index >= 15 is 0 Å². The number of rotatable bonds is 8. The van der Waals surface area contributed by atoms with Crippen molar-refractivity contribution in [3.8, 4) is 0 Å². The molecule has 0 bridgehead atoms. The van der Waals surface area contributed by atoms with Crippen molar-refractivity contribution in [1.29, 1.82) is 0 Å². The van der Waals surface area contributed by atoms with Gasteiger partial charge >= 0.3 is 6.18 Å². The first kappa shape index (κ1) is 11.4. The molecule has 0 radical (unpaired) electrons. The van der Waals surface area contributed by atoms with E-state index in [1.54, 1.807) is 6.92 Å². The van der Waals surface area contributed by atoms with Crippen molar-refractivity contribution in [3.63, 3.8) is 0 Å². The molecule has 2 aromatic carbocycles. The third-order valence-corrected chi connectivity index (χ3v) is 5.43. The van der Waals surface area contributed by atoms with E-state index in [4.69, 9.17) is 29.5 Å². The Morgan fingerprint density at radius 1 is 1.14 bits per heavy atom. The predicted molar refractivity (Wildman–Crippen MR) is 135 cm³/mol. The van der Waals surface area contributed by atoms with E-state index in [9.17, 15) is 13.2 Å². The largest absolute Gasteiger partial charge is 0.416 e. The second-order valence-corrected chi connectivity index (χ2v) is 7.92. The number of halogens is 3. The van der Waals surface area contributed by atoms with Crippen LogP contribution in [-0.2, 0) is 30.6 Å². The van der Waals surface area contributed by atoms with Crippen LogP contribution in [0.15, 0.2) is 41.6 Å². The molecule has 35 heavy (non-hydrogen) atoms. The zero-order valence-electron chi connectivity index (χ0n) is 37.1. The zero-order valence-corrected chi connectivity index (χ0v) is 19.1. The summed E-state index contributed by atoms with van der Waals surface area (Å²) < 4.78 is 192. The fourth-order valence-electron chi connectivity index (χ4n) is 3.54. The van der Waals surface area contributed by atoms with Crippen LogP contribution in [0.5, 0.6) is 0 Å². The molecule has 0 aromatic heterocycles. The fraction of sp³-hybridized carbons (Fsp3) is 0.552. The van der Waals surface area contributed by atoms with Gasteiger partial charge < -0.3 is 4.84 Å². The lowest BCUT2D eigenvalue weighted by Crippen LogP contribution is -2.36. The Bertz CT molecular complexity index is 1730. The molecule has 0 amide bonds. The summed E-state index contributed by atoms with van der Waals surface area (Å²) in [5.74, 6) is -7.11. The first-order valence-electron chi connectivity index (χ1n) is 19.9. The van der Waals surface area contributed by atoms with Gasteiger partial charge in [0.1, 0.15) is 6.61 Å². The van der Waals surface area contributed by atoms with E-state index < -0.39 is 93.1 Å². The minimum atomic E-state index is -5.44. The van der Waals surface area contributed by atoms with Gasteiger partial charge in [0.15, 0.2) is 0 Å². The molecule has 0 spiro atoms. The molecule has 0 N–H and O–H groups in total. The Morgan fingerprint density at radius 3 is 2.60 bits per heavy atom. The molecule has 190 valence electrons. The van der Waals surface area contributed by atoms with Gasteiger partial charge in [-0.2, -0.15) is 13.2 Å². The number of likely N-dealkylation sites (tertiary alicyclic amines) is 1. The van der Waals surface area contributed by atoms with Gasteiger partial charge in [0.05, 0.1) is 11.3 Å². The van der Waals surface area contributed by atoms with Crippen LogP contribution in [0.4, 0.5) is 13.2 Å². The van der Waals surface area contributed by atoms with Gasteiger partial charge in [-0.15, -0.1) is 0 Å². The zero-order chi connectivity index (χ0) is 41.0. The van der Waals surface area contributed by atoms with Gasteiger partial charge in [-0.3, -0.25) is 4.90 Å². The number of hydrogen-bond donors (Lipinski definition) is 0. The third-order valence-electron chi connectivity index (χ3n) is 5.43. The molecule has 2 fully saturated rings.